The lowest BCUT2D eigenvalue weighted by Gasteiger charge is -2.36. The summed E-state index contributed by atoms with van der Waals surface area (Å²) in [5, 5.41) is 8.22. The summed E-state index contributed by atoms with van der Waals surface area (Å²) in [6, 6.07) is 33.6. The lowest BCUT2D eigenvalue weighted by molar-refractivity contribution is -0.136. The van der Waals surface area contributed by atoms with Gasteiger partial charge in [0, 0.05) is 57.1 Å². The number of anilines is 1. The molecule has 0 radical (unpaired) electrons. The number of halogens is 1. The van der Waals surface area contributed by atoms with Crippen LogP contribution in [-0.2, 0) is 27.3 Å². The van der Waals surface area contributed by atoms with Gasteiger partial charge < -0.3 is 23.8 Å². The lowest BCUT2D eigenvalue weighted by Crippen LogP contribution is -2.49. The molecule has 2 aliphatic rings. The van der Waals surface area contributed by atoms with Crippen molar-refractivity contribution in [2.75, 3.05) is 44.8 Å². The van der Waals surface area contributed by atoms with E-state index >= 15 is 4.39 Å². The average Bonchev–Trinajstić information content (AvgIpc) is 3.73. The number of pyridine rings is 1. The van der Waals surface area contributed by atoms with Crippen molar-refractivity contribution in [1.82, 2.24) is 14.5 Å². The number of fused-ring (bicyclic) bond motifs is 2. The molecular weight excluding hydrogens is 750 g/mol. The predicted molar refractivity (Wildman–Crippen MR) is 225 cm³/mol. The Bertz CT molecular complexity index is 2640. The number of hydrogen-bond acceptors (Lipinski definition) is 8. The Labute approximate surface area is 340 Å². The van der Waals surface area contributed by atoms with Crippen LogP contribution >= 0.6 is 0 Å². The van der Waals surface area contributed by atoms with Crippen LogP contribution in [0, 0.1) is 5.82 Å². The highest BCUT2D eigenvalue weighted by molar-refractivity contribution is 6.06. The maximum atomic E-state index is 15.8. The number of amides is 2. The van der Waals surface area contributed by atoms with Gasteiger partial charge in [0.05, 0.1) is 30.1 Å². The van der Waals surface area contributed by atoms with Crippen LogP contribution in [0.3, 0.4) is 0 Å². The molecule has 12 heteroatoms. The number of rotatable bonds is 11. The van der Waals surface area contributed by atoms with Gasteiger partial charge in [0.1, 0.15) is 17.1 Å². The number of aryl methyl sites for hydroxylation is 2. The van der Waals surface area contributed by atoms with Crippen LogP contribution in [-0.4, -0.2) is 77.9 Å². The van der Waals surface area contributed by atoms with Crippen molar-refractivity contribution in [3.05, 3.63) is 154 Å². The summed E-state index contributed by atoms with van der Waals surface area (Å²) in [6.07, 6.45) is 2.88. The van der Waals surface area contributed by atoms with Gasteiger partial charge in [-0.2, -0.15) is 5.10 Å². The molecule has 300 valence electrons. The minimum atomic E-state index is -0.996. The first-order valence-electron chi connectivity index (χ1n) is 19.8. The molecule has 3 heterocycles. The second kappa shape index (κ2) is 17.0. The topological polar surface area (TPSA) is 114 Å². The van der Waals surface area contributed by atoms with Gasteiger partial charge in [-0.3, -0.25) is 14.4 Å². The zero-order valence-corrected chi connectivity index (χ0v) is 33.0. The van der Waals surface area contributed by atoms with Crippen molar-refractivity contribution in [2.45, 2.75) is 38.8 Å². The maximum Gasteiger partial charge on any atom is 0.344 e. The highest BCUT2D eigenvalue weighted by Crippen LogP contribution is 2.34. The number of carbonyl (C=O) groups is 3. The van der Waals surface area contributed by atoms with Crippen LogP contribution in [0.25, 0.3) is 21.7 Å². The standard InChI is InChI=1S/C47H44FN5O6/c1-3-50-29-38(46(56)37-26-39(48)43(28-42(37)50)51-21-23-52(24-22-51)44(54)20-13-31-9-5-4-6-10-31)47(57)59-30-45(55)53-41(33-16-18-36(58-2)19-17-33)27-40(49-53)35-15-14-32-11-7-8-12-34(32)25-35/h4-12,14-19,25-26,28-29,41H,3,13,20-24,27,30H2,1-2H3. The summed E-state index contributed by atoms with van der Waals surface area (Å²) in [7, 11) is 1.58. The number of benzene rings is 5. The molecule has 6 aromatic rings. The zero-order valence-electron chi connectivity index (χ0n) is 33.0. The molecule has 0 saturated carbocycles. The predicted octanol–water partition coefficient (Wildman–Crippen LogP) is 7.14. The molecule has 8 rings (SSSR count). The first-order valence-corrected chi connectivity index (χ1v) is 19.8. The number of nitrogens with zero attached hydrogens (tertiary/aromatic N) is 5. The third kappa shape index (κ3) is 8.16. The molecule has 59 heavy (non-hydrogen) atoms. The van der Waals surface area contributed by atoms with E-state index in [2.05, 4.69) is 0 Å². The number of aromatic nitrogens is 1. The van der Waals surface area contributed by atoms with E-state index < -0.39 is 35.8 Å². The quantitative estimate of drug-likeness (QED) is 0.128. The van der Waals surface area contributed by atoms with Gasteiger partial charge in [0.2, 0.25) is 11.3 Å². The molecule has 11 nitrogen and oxygen atoms in total. The van der Waals surface area contributed by atoms with Crippen LogP contribution in [0.1, 0.15) is 52.9 Å². The number of esters is 1. The van der Waals surface area contributed by atoms with Gasteiger partial charge >= 0.3 is 5.97 Å². The first kappa shape index (κ1) is 39.0. The van der Waals surface area contributed by atoms with Crippen molar-refractivity contribution in [3.8, 4) is 5.75 Å². The Morgan fingerprint density at radius 2 is 1.56 bits per heavy atom. The van der Waals surface area contributed by atoms with Crippen molar-refractivity contribution in [1.29, 1.82) is 0 Å². The third-order valence-electron chi connectivity index (χ3n) is 11.2. The normalized spacial score (nSPS) is 15.4. The van der Waals surface area contributed by atoms with Crippen LogP contribution in [0.4, 0.5) is 10.1 Å². The maximum absolute atomic E-state index is 15.8. The van der Waals surface area contributed by atoms with E-state index in [4.69, 9.17) is 14.6 Å². The third-order valence-corrected chi connectivity index (χ3v) is 11.2. The molecule has 1 unspecified atom stereocenters. The van der Waals surface area contributed by atoms with E-state index in [-0.39, 0.29) is 16.9 Å². The number of hydrazone groups is 1. The van der Waals surface area contributed by atoms with Crippen LogP contribution in [0.2, 0.25) is 0 Å². The van der Waals surface area contributed by atoms with Gasteiger partial charge in [0.15, 0.2) is 6.61 Å². The van der Waals surface area contributed by atoms with Crippen LogP contribution < -0.4 is 15.1 Å². The Morgan fingerprint density at radius 3 is 2.29 bits per heavy atom. The van der Waals surface area contributed by atoms with E-state index in [1.54, 1.807) is 17.7 Å². The monoisotopic (exact) mass is 793 g/mol. The number of hydrogen-bond donors (Lipinski definition) is 0. The Morgan fingerprint density at radius 1 is 0.831 bits per heavy atom. The molecule has 2 aliphatic heterocycles. The van der Waals surface area contributed by atoms with E-state index in [1.165, 1.54) is 11.2 Å². The minimum Gasteiger partial charge on any atom is -0.497 e. The molecular formula is C47H44FN5O6. The van der Waals surface area contributed by atoms with Crippen molar-refractivity contribution >= 4 is 50.9 Å². The largest absolute Gasteiger partial charge is 0.497 e. The average molecular weight is 794 g/mol. The first-order chi connectivity index (χ1) is 28.7. The number of carbonyl (C=O) groups excluding carboxylic acids is 3. The summed E-state index contributed by atoms with van der Waals surface area (Å²) in [4.78, 5) is 57.8. The zero-order chi connectivity index (χ0) is 41.0. The molecule has 0 bridgehead atoms. The summed E-state index contributed by atoms with van der Waals surface area (Å²) in [5.41, 5.74) is 3.26. The lowest BCUT2D eigenvalue weighted by atomic mass is 9.97. The summed E-state index contributed by atoms with van der Waals surface area (Å²) in [6.45, 7) is 3.30. The fourth-order valence-electron chi connectivity index (χ4n) is 7.94. The molecule has 1 atom stereocenters. The molecule has 0 aliphatic carbocycles. The minimum absolute atomic E-state index is 0.0207. The van der Waals surface area contributed by atoms with Crippen LogP contribution in [0.5, 0.6) is 5.75 Å². The SMILES string of the molecule is CCn1cc(C(=O)OCC(=O)N2N=C(c3ccc4ccccc4c3)CC2c2ccc(OC)cc2)c(=O)c2cc(F)c(N3CCN(C(=O)CCc4ccccc4)CC3)cc21. The molecule has 0 N–H and O–H groups in total. The van der Waals surface area contributed by atoms with Gasteiger partial charge in [-0.1, -0.05) is 78.9 Å². The highest BCUT2D eigenvalue weighted by atomic mass is 19.1. The highest BCUT2D eigenvalue weighted by Gasteiger charge is 2.34. The van der Waals surface area contributed by atoms with Crippen LogP contribution in [0.15, 0.2) is 125 Å². The fraction of sp³-hybridized carbons (Fsp3) is 0.255. The number of methoxy groups -OCH3 is 1. The summed E-state index contributed by atoms with van der Waals surface area (Å²) in [5.74, 6) is -1.45. The summed E-state index contributed by atoms with van der Waals surface area (Å²) < 4.78 is 28.4. The summed E-state index contributed by atoms with van der Waals surface area (Å²) >= 11 is 0. The second-order valence-corrected chi connectivity index (χ2v) is 14.7. The van der Waals surface area contributed by atoms with Crippen molar-refractivity contribution in [3.63, 3.8) is 0 Å². The molecule has 2 amide bonds. The molecule has 1 fully saturated rings. The molecule has 5 aromatic carbocycles. The van der Waals surface area contributed by atoms with E-state index in [0.29, 0.717) is 74.7 Å². The number of ether oxygens (including phenoxy) is 2. The van der Waals surface area contributed by atoms with Gasteiger partial charge in [-0.25, -0.2) is 14.2 Å². The number of piperazine rings is 1. The van der Waals surface area contributed by atoms with E-state index in [0.717, 1.165) is 33.5 Å². The van der Waals surface area contributed by atoms with Crippen molar-refractivity contribution in [2.24, 2.45) is 5.10 Å². The Kier molecular flexibility index (Phi) is 11.2. The van der Waals surface area contributed by atoms with Gasteiger partial charge in [-0.05, 0) is 71.1 Å². The Balaban J connectivity index is 0.977. The molecule has 1 aromatic heterocycles. The second-order valence-electron chi connectivity index (χ2n) is 14.7. The molecule has 1 saturated heterocycles. The molecule has 0 spiro atoms. The fourth-order valence-corrected chi connectivity index (χ4v) is 7.94. The van der Waals surface area contributed by atoms with Gasteiger partial charge in [0.25, 0.3) is 5.91 Å². The Hall–Kier alpha value is -6.82. The smallest absolute Gasteiger partial charge is 0.344 e. The van der Waals surface area contributed by atoms with Crippen molar-refractivity contribution < 1.29 is 28.2 Å². The van der Waals surface area contributed by atoms with E-state index in [1.807, 2.05) is 114 Å². The van der Waals surface area contributed by atoms with Gasteiger partial charge in [-0.15, -0.1) is 0 Å². The van der Waals surface area contributed by atoms with E-state index in [9.17, 15) is 19.2 Å².